The molecule has 0 amide bonds. The molecule has 0 fully saturated rings. The largest absolute Gasteiger partial charge is 1.00 e. The van der Waals surface area contributed by atoms with Crippen LogP contribution in [0.5, 0.6) is 0 Å². The van der Waals surface area contributed by atoms with Crippen LogP contribution in [-0.2, 0) is 0 Å². The third-order valence-electron chi connectivity index (χ3n) is 1.37. The molecule has 5 heteroatoms. The molecule has 0 atom stereocenters. The molecule has 0 saturated carbocycles. The van der Waals surface area contributed by atoms with Gasteiger partial charge >= 0.3 is 58.4 Å². The summed E-state index contributed by atoms with van der Waals surface area (Å²) in [6, 6.07) is 0. The number of hydrogen-bond donors (Lipinski definition) is 0. The summed E-state index contributed by atoms with van der Waals surface area (Å²) in [4.78, 5) is 0. The second-order valence-corrected chi connectivity index (χ2v) is 2.60. The van der Waals surface area contributed by atoms with Gasteiger partial charge in [-0.3, -0.25) is 0 Å². The van der Waals surface area contributed by atoms with Gasteiger partial charge in [-0.1, -0.05) is 13.8 Å². The van der Waals surface area contributed by atoms with E-state index in [0.717, 1.165) is 19.9 Å². The first kappa shape index (κ1) is 13.8. The predicted molar refractivity (Wildman–Crippen MR) is 33.3 cm³/mol. The molecule has 10 heavy (non-hydrogen) atoms. The summed E-state index contributed by atoms with van der Waals surface area (Å²) in [5.74, 6) is 0. The molecule has 54 valence electrons. The molecule has 0 N–H and O–H groups in total. The van der Waals surface area contributed by atoms with Gasteiger partial charge in [-0.25, -0.2) is 0 Å². The van der Waals surface area contributed by atoms with Crippen molar-refractivity contribution in [1.29, 1.82) is 0 Å². The molecule has 0 rings (SSSR count). The van der Waals surface area contributed by atoms with Crippen LogP contribution in [0.15, 0.2) is 12.7 Å². The standard InChI is InChI=1S/C5H9BF3.K/c1-4-5(2,3)6(7,8)9;/h4H,1H2,2-3H3;/q-1;+1. The minimum absolute atomic E-state index is 0. The van der Waals surface area contributed by atoms with Crippen molar-refractivity contribution in [2.45, 2.75) is 19.2 Å². The van der Waals surface area contributed by atoms with Crippen molar-refractivity contribution in [1.82, 2.24) is 0 Å². The minimum atomic E-state index is -4.77. The molecule has 0 aromatic carbocycles. The molecule has 0 spiro atoms. The summed E-state index contributed by atoms with van der Waals surface area (Å²) in [7, 11) is 0. The van der Waals surface area contributed by atoms with Crippen molar-refractivity contribution in [3.63, 3.8) is 0 Å². The van der Waals surface area contributed by atoms with Crippen molar-refractivity contribution in [2.24, 2.45) is 0 Å². The molecule has 0 unspecified atom stereocenters. The Morgan fingerprint density at radius 2 is 1.60 bits per heavy atom. The first-order chi connectivity index (χ1) is 3.81. The van der Waals surface area contributed by atoms with Gasteiger partial charge in [0, 0.05) is 0 Å². The van der Waals surface area contributed by atoms with Crippen molar-refractivity contribution in [3.05, 3.63) is 12.7 Å². The Kier molecular flexibility index (Phi) is 5.94. The van der Waals surface area contributed by atoms with Crippen LogP contribution >= 0.6 is 0 Å². The monoisotopic (exact) mass is 176 g/mol. The third-order valence-corrected chi connectivity index (χ3v) is 1.37. The van der Waals surface area contributed by atoms with Crippen LogP contribution in [-0.4, -0.2) is 6.98 Å². The van der Waals surface area contributed by atoms with Crippen LogP contribution < -0.4 is 51.4 Å². The Morgan fingerprint density at radius 3 is 1.60 bits per heavy atom. The molecule has 0 saturated heterocycles. The Bertz CT molecular complexity index is 119. The zero-order chi connectivity index (χ0) is 7.71. The topological polar surface area (TPSA) is 0 Å². The van der Waals surface area contributed by atoms with E-state index >= 15 is 0 Å². The van der Waals surface area contributed by atoms with Gasteiger partial charge in [0.05, 0.1) is 0 Å². The molecular formula is C5H9BF3K. The van der Waals surface area contributed by atoms with Crippen molar-refractivity contribution in [3.8, 4) is 0 Å². The van der Waals surface area contributed by atoms with Gasteiger partial charge in [0.1, 0.15) is 0 Å². The first-order valence-corrected chi connectivity index (χ1v) is 2.64. The zero-order valence-electron chi connectivity index (χ0n) is 6.50. The van der Waals surface area contributed by atoms with Crippen molar-refractivity contribution < 1.29 is 64.3 Å². The van der Waals surface area contributed by atoms with E-state index in [0.29, 0.717) is 0 Å². The molecule has 0 aliphatic rings. The van der Waals surface area contributed by atoms with Gasteiger partial charge in [-0.05, 0) is 5.31 Å². The zero-order valence-corrected chi connectivity index (χ0v) is 9.62. The molecule has 0 aliphatic heterocycles. The van der Waals surface area contributed by atoms with Crippen LogP contribution in [0.4, 0.5) is 12.9 Å². The maximum absolute atomic E-state index is 11.8. The summed E-state index contributed by atoms with van der Waals surface area (Å²) < 4.78 is 35.5. The van der Waals surface area contributed by atoms with Gasteiger partial charge in [0.25, 0.3) is 0 Å². The second-order valence-electron chi connectivity index (χ2n) is 2.60. The van der Waals surface area contributed by atoms with Gasteiger partial charge < -0.3 is 12.9 Å². The SMILES string of the molecule is C=CC(C)(C)[B-](F)(F)F.[K+]. The molecule has 0 bridgehead atoms. The van der Waals surface area contributed by atoms with Gasteiger partial charge in [-0.2, -0.15) is 0 Å². The number of hydrogen-bond acceptors (Lipinski definition) is 0. The molecular weight excluding hydrogens is 167 g/mol. The molecule has 0 radical (unpaired) electrons. The van der Waals surface area contributed by atoms with Crippen LogP contribution in [0.3, 0.4) is 0 Å². The number of rotatable bonds is 2. The Hall–Kier alpha value is 1.23. The fourth-order valence-electron chi connectivity index (χ4n) is 0.134. The average Bonchev–Trinajstić information content (AvgIpc) is 1.64. The maximum Gasteiger partial charge on any atom is 1.00 e. The third kappa shape index (κ3) is 3.57. The summed E-state index contributed by atoms with van der Waals surface area (Å²) >= 11 is 0. The Balaban J connectivity index is 0. The molecule has 0 nitrogen and oxygen atoms in total. The van der Waals surface area contributed by atoms with Gasteiger partial charge in [-0.15, -0.1) is 12.7 Å². The van der Waals surface area contributed by atoms with E-state index in [-0.39, 0.29) is 51.4 Å². The van der Waals surface area contributed by atoms with Gasteiger partial charge in [0.2, 0.25) is 0 Å². The molecule has 0 heterocycles. The predicted octanol–water partition coefficient (Wildman–Crippen LogP) is -0.196. The Morgan fingerprint density at radius 1 is 1.30 bits per heavy atom. The quantitative estimate of drug-likeness (QED) is 0.404. The van der Waals surface area contributed by atoms with E-state index < -0.39 is 12.3 Å². The fourth-order valence-corrected chi connectivity index (χ4v) is 0.134. The van der Waals surface area contributed by atoms with Crippen LogP contribution in [0.2, 0.25) is 5.31 Å². The van der Waals surface area contributed by atoms with E-state index in [1.807, 2.05) is 0 Å². The first-order valence-electron chi connectivity index (χ1n) is 2.64. The molecule has 0 aromatic heterocycles. The summed E-state index contributed by atoms with van der Waals surface area (Å²) in [6.07, 6.45) is 0.924. The normalized spacial score (nSPS) is 12.1. The molecule has 0 aromatic rings. The maximum atomic E-state index is 11.8. The smallest absolute Gasteiger partial charge is 0.448 e. The number of allylic oxidation sites excluding steroid dienone is 1. The summed E-state index contributed by atoms with van der Waals surface area (Å²) in [5, 5.41) is -1.69. The van der Waals surface area contributed by atoms with Crippen molar-refractivity contribution in [2.75, 3.05) is 0 Å². The molecule has 0 aliphatic carbocycles. The van der Waals surface area contributed by atoms with Crippen LogP contribution in [0.25, 0.3) is 0 Å². The van der Waals surface area contributed by atoms with Crippen molar-refractivity contribution >= 4 is 6.98 Å². The summed E-state index contributed by atoms with van der Waals surface area (Å²) in [5.41, 5.74) is 0. The van der Waals surface area contributed by atoms with E-state index in [1.54, 1.807) is 0 Å². The van der Waals surface area contributed by atoms with Crippen LogP contribution in [0, 0.1) is 0 Å². The second kappa shape index (κ2) is 4.30. The number of halogens is 3. The van der Waals surface area contributed by atoms with Crippen LogP contribution in [0.1, 0.15) is 13.8 Å². The Labute approximate surface area is 102 Å². The summed E-state index contributed by atoms with van der Waals surface area (Å²) in [6.45, 7) is 0.546. The average molecular weight is 176 g/mol. The minimum Gasteiger partial charge on any atom is -0.448 e. The van der Waals surface area contributed by atoms with E-state index in [4.69, 9.17) is 0 Å². The van der Waals surface area contributed by atoms with E-state index in [2.05, 4.69) is 6.58 Å². The van der Waals surface area contributed by atoms with E-state index in [1.165, 1.54) is 0 Å². The van der Waals surface area contributed by atoms with Gasteiger partial charge in [0.15, 0.2) is 0 Å². The van der Waals surface area contributed by atoms with E-state index in [9.17, 15) is 12.9 Å². The fraction of sp³-hybridized carbons (Fsp3) is 0.600.